The van der Waals surface area contributed by atoms with Crippen molar-refractivity contribution in [3.8, 4) is 22.8 Å². The van der Waals surface area contributed by atoms with E-state index in [0.29, 0.717) is 17.3 Å². The van der Waals surface area contributed by atoms with Crippen LogP contribution in [0.2, 0.25) is 0 Å². The lowest BCUT2D eigenvalue weighted by Gasteiger charge is -2.26. The number of rotatable bonds is 4. The van der Waals surface area contributed by atoms with E-state index in [0.717, 1.165) is 41.6 Å². The van der Waals surface area contributed by atoms with E-state index in [4.69, 9.17) is 20.3 Å². The Morgan fingerprint density at radius 1 is 1.03 bits per heavy atom. The van der Waals surface area contributed by atoms with Crippen LogP contribution in [0.25, 0.3) is 22.3 Å². The molecule has 1 unspecified atom stereocenters. The number of ether oxygens (including phenoxy) is 2. The van der Waals surface area contributed by atoms with Crippen LogP contribution in [0.4, 0.5) is 5.82 Å². The van der Waals surface area contributed by atoms with Gasteiger partial charge in [-0.15, -0.1) is 0 Å². The second-order valence-corrected chi connectivity index (χ2v) is 7.43. The molecule has 7 nitrogen and oxygen atoms in total. The average molecular weight is 401 g/mol. The first kappa shape index (κ1) is 18.4. The summed E-state index contributed by atoms with van der Waals surface area (Å²) < 4.78 is 12.9. The van der Waals surface area contributed by atoms with Crippen molar-refractivity contribution >= 4 is 16.9 Å². The Balaban J connectivity index is 1.73. The van der Waals surface area contributed by atoms with E-state index in [-0.39, 0.29) is 6.04 Å². The van der Waals surface area contributed by atoms with Crippen LogP contribution < -0.4 is 15.2 Å². The van der Waals surface area contributed by atoms with Gasteiger partial charge in [-0.1, -0.05) is 24.3 Å². The average Bonchev–Trinajstić information content (AvgIpc) is 3.19. The minimum atomic E-state index is 0.112. The van der Waals surface area contributed by atoms with Gasteiger partial charge in [0.2, 0.25) is 0 Å². The third kappa shape index (κ3) is 2.85. The maximum Gasteiger partial charge on any atom is 0.164 e. The number of anilines is 1. The van der Waals surface area contributed by atoms with Gasteiger partial charge in [0.25, 0.3) is 0 Å². The Hall–Kier alpha value is -3.61. The number of nitrogens with zero attached hydrogens (tertiary/aromatic N) is 4. The molecule has 4 aromatic rings. The van der Waals surface area contributed by atoms with E-state index in [9.17, 15) is 0 Å². The van der Waals surface area contributed by atoms with Crippen LogP contribution in [0.15, 0.2) is 48.8 Å². The van der Waals surface area contributed by atoms with E-state index in [1.807, 2.05) is 22.9 Å². The summed E-state index contributed by atoms with van der Waals surface area (Å²) in [5, 5.41) is 5.77. The monoisotopic (exact) mass is 401 g/mol. The molecule has 0 spiro atoms. The van der Waals surface area contributed by atoms with E-state index in [2.05, 4.69) is 34.2 Å². The molecule has 1 aliphatic carbocycles. The molecule has 2 aromatic heterocycles. The molecule has 0 saturated heterocycles. The highest BCUT2D eigenvalue weighted by Crippen LogP contribution is 2.39. The predicted molar refractivity (Wildman–Crippen MR) is 116 cm³/mol. The SMILES string of the molecule is COc1ccc(-c2nn(C3CCCc4ccccc43)c3ncnc(N)c23)cc1OC. The lowest BCUT2D eigenvalue weighted by Crippen LogP contribution is -2.18. The maximum absolute atomic E-state index is 6.30. The first-order valence-electron chi connectivity index (χ1n) is 10.00. The summed E-state index contributed by atoms with van der Waals surface area (Å²) in [6.45, 7) is 0. The lowest BCUT2D eigenvalue weighted by atomic mass is 9.88. The van der Waals surface area contributed by atoms with Crippen LogP contribution in [0.1, 0.15) is 30.0 Å². The third-order valence-corrected chi connectivity index (χ3v) is 5.81. The van der Waals surface area contributed by atoms with Crippen LogP contribution >= 0.6 is 0 Å². The third-order valence-electron chi connectivity index (χ3n) is 5.81. The number of aryl methyl sites for hydroxylation is 1. The Kier molecular flexibility index (Phi) is 4.50. The molecular formula is C23H23N5O2. The summed E-state index contributed by atoms with van der Waals surface area (Å²) in [7, 11) is 3.24. The lowest BCUT2D eigenvalue weighted by molar-refractivity contribution is 0.355. The molecule has 0 saturated carbocycles. The summed E-state index contributed by atoms with van der Waals surface area (Å²) in [5.41, 5.74) is 11.3. The van der Waals surface area contributed by atoms with E-state index < -0.39 is 0 Å². The molecule has 152 valence electrons. The topological polar surface area (TPSA) is 88.1 Å². The van der Waals surface area contributed by atoms with Crippen molar-refractivity contribution in [2.24, 2.45) is 0 Å². The van der Waals surface area contributed by atoms with Crippen LogP contribution in [0.5, 0.6) is 11.5 Å². The van der Waals surface area contributed by atoms with Crippen LogP contribution in [0, 0.1) is 0 Å². The van der Waals surface area contributed by atoms with Gasteiger partial charge in [0, 0.05) is 5.56 Å². The molecule has 1 aliphatic rings. The highest BCUT2D eigenvalue weighted by atomic mass is 16.5. The highest BCUT2D eigenvalue weighted by Gasteiger charge is 2.27. The Morgan fingerprint density at radius 2 is 1.87 bits per heavy atom. The normalized spacial score (nSPS) is 15.7. The zero-order chi connectivity index (χ0) is 20.7. The van der Waals surface area contributed by atoms with Crippen molar-refractivity contribution in [3.63, 3.8) is 0 Å². The van der Waals surface area contributed by atoms with Crippen molar-refractivity contribution in [1.29, 1.82) is 0 Å². The highest BCUT2D eigenvalue weighted by molar-refractivity contribution is 5.98. The van der Waals surface area contributed by atoms with Crippen molar-refractivity contribution < 1.29 is 9.47 Å². The summed E-state index contributed by atoms with van der Waals surface area (Å²) in [4.78, 5) is 8.80. The van der Waals surface area contributed by atoms with Crippen molar-refractivity contribution in [1.82, 2.24) is 19.7 Å². The largest absolute Gasteiger partial charge is 0.493 e. The van der Waals surface area contributed by atoms with Crippen molar-refractivity contribution in [2.75, 3.05) is 20.0 Å². The maximum atomic E-state index is 6.30. The van der Waals surface area contributed by atoms with Crippen molar-refractivity contribution in [3.05, 3.63) is 59.9 Å². The second kappa shape index (κ2) is 7.33. The smallest absolute Gasteiger partial charge is 0.164 e. The number of fused-ring (bicyclic) bond motifs is 2. The van der Waals surface area contributed by atoms with Gasteiger partial charge in [0.05, 0.1) is 25.6 Å². The van der Waals surface area contributed by atoms with Gasteiger partial charge in [-0.25, -0.2) is 14.6 Å². The minimum absolute atomic E-state index is 0.112. The van der Waals surface area contributed by atoms with Crippen LogP contribution in [0.3, 0.4) is 0 Å². The van der Waals surface area contributed by atoms with Gasteiger partial charge in [0.1, 0.15) is 17.8 Å². The Morgan fingerprint density at radius 3 is 2.70 bits per heavy atom. The predicted octanol–water partition coefficient (Wildman–Crippen LogP) is 4.02. The summed E-state index contributed by atoms with van der Waals surface area (Å²) in [6, 6.07) is 14.4. The molecule has 2 heterocycles. The number of hydrogen-bond donors (Lipinski definition) is 1. The summed E-state index contributed by atoms with van der Waals surface area (Å²) >= 11 is 0. The standard InChI is InChI=1S/C23H23N5O2/c1-29-18-11-10-15(12-19(18)30-2)21-20-22(24)25-13-26-23(20)28(27-21)17-9-5-7-14-6-3-4-8-16(14)17/h3-4,6,8,10-13,17H,5,7,9H2,1-2H3,(H2,24,25,26). The first-order valence-corrected chi connectivity index (χ1v) is 10.00. The van der Waals surface area contributed by atoms with E-state index in [1.54, 1.807) is 14.2 Å². The minimum Gasteiger partial charge on any atom is -0.493 e. The zero-order valence-electron chi connectivity index (χ0n) is 17.0. The number of aromatic nitrogens is 4. The molecule has 2 N–H and O–H groups in total. The molecule has 0 amide bonds. The van der Waals surface area contributed by atoms with Gasteiger partial charge in [-0.3, -0.25) is 0 Å². The van der Waals surface area contributed by atoms with Gasteiger partial charge < -0.3 is 15.2 Å². The van der Waals surface area contributed by atoms with Gasteiger partial charge in [-0.05, 0) is 48.6 Å². The van der Waals surface area contributed by atoms with Crippen molar-refractivity contribution in [2.45, 2.75) is 25.3 Å². The molecule has 0 fully saturated rings. The molecule has 0 bridgehead atoms. The molecule has 0 aliphatic heterocycles. The van der Waals surface area contributed by atoms with E-state index >= 15 is 0 Å². The fourth-order valence-corrected chi connectivity index (χ4v) is 4.38. The first-order chi connectivity index (χ1) is 14.7. The number of hydrogen-bond acceptors (Lipinski definition) is 6. The summed E-state index contributed by atoms with van der Waals surface area (Å²) in [6.07, 6.45) is 4.70. The molecule has 2 aromatic carbocycles. The number of nitrogen functional groups attached to an aromatic ring is 1. The Bertz CT molecular complexity index is 1230. The fraction of sp³-hybridized carbons (Fsp3) is 0.261. The van der Waals surface area contributed by atoms with Gasteiger partial charge in [-0.2, -0.15) is 5.10 Å². The summed E-state index contributed by atoms with van der Waals surface area (Å²) in [5.74, 6) is 1.71. The molecule has 1 atom stereocenters. The molecule has 0 radical (unpaired) electrons. The van der Waals surface area contributed by atoms with Gasteiger partial charge in [0.15, 0.2) is 17.1 Å². The van der Waals surface area contributed by atoms with E-state index in [1.165, 1.54) is 17.5 Å². The number of nitrogens with two attached hydrogens (primary N) is 1. The molecule has 30 heavy (non-hydrogen) atoms. The zero-order valence-corrected chi connectivity index (χ0v) is 17.0. The van der Waals surface area contributed by atoms with Gasteiger partial charge >= 0.3 is 0 Å². The molecule has 5 rings (SSSR count). The van der Waals surface area contributed by atoms with Crippen LogP contribution in [-0.2, 0) is 6.42 Å². The number of benzene rings is 2. The van der Waals surface area contributed by atoms with Crippen LogP contribution in [-0.4, -0.2) is 34.0 Å². The number of methoxy groups -OCH3 is 2. The fourth-order valence-electron chi connectivity index (χ4n) is 4.38. The Labute approximate surface area is 174 Å². The quantitative estimate of drug-likeness (QED) is 0.556. The second-order valence-electron chi connectivity index (χ2n) is 7.43. The molecule has 7 heteroatoms. The molecular weight excluding hydrogens is 378 g/mol.